The number of hydrogen-bond acceptors (Lipinski definition) is 5. The zero-order chi connectivity index (χ0) is 20.0. The van der Waals surface area contributed by atoms with E-state index in [1.165, 1.54) is 19.2 Å². The van der Waals surface area contributed by atoms with Crippen molar-refractivity contribution in [2.75, 3.05) is 19.0 Å². The van der Waals surface area contributed by atoms with E-state index >= 15 is 0 Å². The van der Waals surface area contributed by atoms with Crippen LogP contribution in [0.5, 0.6) is 5.75 Å². The number of ether oxygens (including phenoxy) is 2. The highest BCUT2D eigenvalue weighted by Gasteiger charge is 2.20. The van der Waals surface area contributed by atoms with Crippen LogP contribution in [0.4, 0.5) is 10.5 Å². The number of urea groups is 1. The van der Waals surface area contributed by atoms with Crippen molar-refractivity contribution < 1.29 is 23.9 Å². The SMILES string of the molecule is COc1ccc(NC(=O)NC(=O)COC(=O)c2c(Cl)ccc(Cl)c2Cl)cc1. The predicted octanol–water partition coefficient (Wildman–Crippen LogP) is 4.16. The van der Waals surface area contributed by atoms with Crippen LogP contribution in [-0.4, -0.2) is 31.6 Å². The zero-order valence-corrected chi connectivity index (χ0v) is 16.1. The number of rotatable bonds is 5. The number of benzene rings is 2. The first-order valence-corrected chi connectivity index (χ1v) is 8.50. The van der Waals surface area contributed by atoms with Crippen LogP contribution in [0.25, 0.3) is 0 Å². The van der Waals surface area contributed by atoms with Crippen LogP contribution < -0.4 is 15.4 Å². The van der Waals surface area contributed by atoms with Gasteiger partial charge in [0, 0.05) is 5.69 Å². The molecule has 0 atom stereocenters. The molecule has 0 bridgehead atoms. The van der Waals surface area contributed by atoms with Crippen LogP contribution in [0.3, 0.4) is 0 Å². The predicted molar refractivity (Wildman–Crippen MR) is 102 cm³/mol. The first kappa shape index (κ1) is 20.8. The van der Waals surface area contributed by atoms with Crippen molar-refractivity contribution in [3.8, 4) is 5.75 Å². The molecule has 0 aromatic heterocycles. The van der Waals surface area contributed by atoms with Gasteiger partial charge in [0.05, 0.1) is 27.7 Å². The Morgan fingerprint density at radius 2 is 1.59 bits per heavy atom. The third-order valence-electron chi connectivity index (χ3n) is 3.18. The molecule has 0 heterocycles. The molecular weight excluding hydrogens is 419 g/mol. The molecule has 0 aliphatic heterocycles. The summed E-state index contributed by atoms with van der Waals surface area (Å²) in [6, 6.07) is 8.45. The van der Waals surface area contributed by atoms with Crippen LogP contribution in [0, 0.1) is 0 Å². The number of anilines is 1. The van der Waals surface area contributed by atoms with E-state index in [9.17, 15) is 14.4 Å². The van der Waals surface area contributed by atoms with Crippen LogP contribution in [0.1, 0.15) is 10.4 Å². The fourth-order valence-electron chi connectivity index (χ4n) is 1.92. The lowest BCUT2D eigenvalue weighted by Crippen LogP contribution is -2.37. The van der Waals surface area contributed by atoms with Gasteiger partial charge in [0.1, 0.15) is 5.75 Å². The Balaban J connectivity index is 1.87. The highest BCUT2D eigenvalue weighted by molar-refractivity contribution is 6.46. The number of esters is 1. The highest BCUT2D eigenvalue weighted by atomic mass is 35.5. The van der Waals surface area contributed by atoms with Crippen molar-refractivity contribution in [1.82, 2.24) is 5.32 Å². The minimum Gasteiger partial charge on any atom is -0.497 e. The minimum atomic E-state index is -0.946. The van der Waals surface area contributed by atoms with Gasteiger partial charge in [-0.1, -0.05) is 34.8 Å². The summed E-state index contributed by atoms with van der Waals surface area (Å²) in [5, 5.41) is 4.49. The number of carbonyl (C=O) groups excluding carboxylic acids is 3. The van der Waals surface area contributed by atoms with Crippen molar-refractivity contribution >= 4 is 58.4 Å². The highest BCUT2D eigenvalue weighted by Crippen LogP contribution is 2.31. The topological polar surface area (TPSA) is 93.7 Å². The van der Waals surface area contributed by atoms with E-state index in [0.717, 1.165) is 0 Å². The third-order valence-corrected chi connectivity index (χ3v) is 4.30. The molecule has 2 aromatic rings. The lowest BCUT2D eigenvalue weighted by molar-refractivity contribution is -0.123. The van der Waals surface area contributed by atoms with Gasteiger partial charge in [-0.15, -0.1) is 0 Å². The van der Waals surface area contributed by atoms with Gasteiger partial charge >= 0.3 is 12.0 Å². The average molecular weight is 432 g/mol. The lowest BCUT2D eigenvalue weighted by atomic mass is 10.2. The van der Waals surface area contributed by atoms with Gasteiger partial charge < -0.3 is 14.8 Å². The molecule has 10 heteroatoms. The van der Waals surface area contributed by atoms with E-state index in [2.05, 4.69) is 5.32 Å². The number of methoxy groups -OCH3 is 1. The smallest absolute Gasteiger partial charge is 0.341 e. The molecular formula is C17H13Cl3N2O5. The number of nitrogens with one attached hydrogen (secondary N) is 2. The first-order chi connectivity index (χ1) is 12.8. The van der Waals surface area contributed by atoms with E-state index in [4.69, 9.17) is 44.3 Å². The Labute approximate surface area is 169 Å². The van der Waals surface area contributed by atoms with E-state index in [-0.39, 0.29) is 20.6 Å². The molecule has 0 radical (unpaired) electrons. The van der Waals surface area contributed by atoms with E-state index in [1.54, 1.807) is 24.3 Å². The maximum absolute atomic E-state index is 12.0. The van der Waals surface area contributed by atoms with Gasteiger partial charge in [0.2, 0.25) is 0 Å². The number of imide groups is 1. The van der Waals surface area contributed by atoms with Crippen molar-refractivity contribution in [2.24, 2.45) is 0 Å². The molecule has 0 saturated heterocycles. The fraction of sp³-hybridized carbons (Fsp3) is 0.118. The second kappa shape index (κ2) is 9.45. The van der Waals surface area contributed by atoms with Crippen molar-refractivity contribution in [2.45, 2.75) is 0 Å². The number of halogens is 3. The molecule has 0 saturated carbocycles. The van der Waals surface area contributed by atoms with Gasteiger partial charge in [0.25, 0.3) is 5.91 Å². The summed E-state index contributed by atoms with van der Waals surface area (Å²) in [5.41, 5.74) is 0.275. The van der Waals surface area contributed by atoms with Crippen LogP contribution in [0.15, 0.2) is 36.4 Å². The normalized spacial score (nSPS) is 10.1. The molecule has 2 N–H and O–H groups in total. The zero-order valence-electron chi connectivity index (χ0n) is 13.8. The third kappa shape index (κ3) is 5.75. The van der Waals surface area contributed by atoms with Crippen LogP contribution >= 0.6 is 34.8 Å². The Morgan fingerprint density at radius 3 is 2.22 bits per heavy atom. The summed E-state index contributed by atoms with van der Waals surface area (Å²) in [7, 11) is 1.51. The molecule has 142 valence electrons. The summed E-state index contributed by atoms with van der Waals surface area (Å²) in [4.78, 5) is 35.6. The summed E-state index contributed by atoms with van der Waals surface area (Å²) in [6.45, 7) is -0.714. The number of hydrogen-bond donors (Lipinski definition) is 2. The van der Waals surface area contributed by atoms with Crippen molar-refractivity contribution in [3.05, 3.63) is 57.0 Å². The Hall–Kier alpha value is -2.48. The quantitative estimate of drug-likeness (QED) is 0.548. The van der Waals surface area contributed by atoms with E-state index in [0.29, 0.717) is 11.4 Å². The Kier molecular flexibility index (Phi) is 7.29. The summed E-state index contributed by atoms with van der Waals surface area (Å²) < 4.78 is 9.81. The Morgan fingerprint density at radius 1 is 0.963 bits per heavy atom. The van der Waals surface area contributed by atoms with Crippen LogP contribution in [0.2, 0.25) is 15.1 Å². The van der Waals surface area contributed by atoms with Gasteiger partial charge in [-0.2, -0.15) is 0 Å². The van der Waals surface area contributed by atoms with Gasteiger partial charge in [0.15, 0.2) is 6.61 Å². The molecule has 0 fully saturated rings. The minimum absolute atomic E-state index is 0.0204. The van der Waals surface area contributed by atoms with Crippen molar-refractivity contribution in [3.63, 3.8) is 0 Å². The molecule has 7 nitrogen and oxygen atoms in total. The largest absolute Gasteiger partial charge is 0.497 e. The average Bonchev–Trinajstić information content (AvgIpc) is 2.64. The first-order valence-electron chi connectivity index (χ1n) is 7.37. The molecule has 2 rings (SSSR count). The molecule has 27 heavy (non-hydrogen) atoms. The Bertz CT molecular complexity index is 872. The molecule has 3 amide bonds. The van der Waals surface area contributed by atoms with Gasteiger partial charge in [-0.05, 0) is 36.4 Å². The summed E-state index contributed by atoms with van der Waals surface area (Å²) >= 11 is 17.6. The molecule has 0 spiro atoms. The van der Waals surface area contributed by atoms with E-state index in [1.807, 2.05) is 5.32 Å². The monoisotopic (exact) mass is 430 g/mol. The number of amides is 3. The molecule has 0 aliphatic rings. The summed E-state index contributed by atoms with van der Waals surface area (Å²) in [5.74, 6) is -1.18. The standard InChI is InChI=1S/C17H13Cl3N2O5/c1-26-10-4-2-9(3-5-10)21-17(25)22-13(23)8-27-16(24)14-11(18)6-7-12(19)15(14)20/h2-7H,8H2,1H3,(H2,21,22,23,25). The van der Waals surface area contributed by atoms with Crippen LogP contribution in [-0.2, 0) is 9.53 Å². The van der Waals surface area contributed by atoms with Crippen molar-refractivity contribution in [1.29, 1.82) is 0 Å². The molecule has 0 aliphatic carbocycles. The second-order valence-electron chi connectivity index (χ2n) is 5.03. The van der Waals surface area contributed by atoms with Gasteiger partial charge in [-0.25, -0.2) is 9.59 Å². The molecule has 2 aromatic carbocycles. The fourth-order valence-corrected chi connectivity index (χ4v) is 2.60. The summed E-state index contributed by atoms with van der Waals surface area (Å²) in [6.07, 6.45) is 0. The van der Waals surface area contributed by atoms with E-state index < -0.39 is 24.5 Å². The second-order valence-corrected chi connectivity index (χ2v) is 6.22. The lowest BCUT2D eigenvalue weighted by Gasteiger charge is -2.10. The molecule has 0 unspecified atom stereocenters. The van der Waals surface area contributed by atoms with Gasteiger partial charge in [-0.3, -0.25) is 10.1 Å². The number of carbonyl (C=O) groups is 3. The maximum atomic E-state index is 12.0. The maximum Gasteiger partial charge on any atom is 0.341 e.